The van der Waals surface area contributed by atoms with Crippen LogP contribution in [-0.2, 0) is 0 Å². The molecule has 0 aliphatic rings. The summed E-state index contributed by atoms with van der Waals surface area (Å²) in [6, 6.07) is 17.1. The molecule has 0 aromatic heterocycles. The molecule has 92 valence electrons. The molecule has 0 heterocycles. The first kappa shape index (κ1) is 12.2. The van der Waals surface area contributed by atoms with E-state index < -0.39 is 0 Å². The molecule has 0 unspecified atom stereocenters. The molecule has 0 radical (unpaired) electrons. The summed E-state index contributed by atoms with van der Waals surface area (Å²) in [5, 5.41) is 0. The van der Waals surface area contributed by atoms with Crippen molar-refractivity contribution in [2.45, 2.75) is 6.92 Å². The number of benzene rings is 2. The third-order valence-corrected chi connectivity index (χ3v) is 2.37. The number of nitrogens with zero attached hydrogens (tertiary/aromatic N) is 1. The van der Waals surface area contributed by atoms with E-state index in [4.69, 9.17) is 9.47 Å². The van der Waals surface area contributed by atoms with Gasteiger partial charge in [-0.25, -0.2) is 4.99 Å². The molecule has 0 atom stereocenters. The Balaban J connectivity index is 2.07. The highest BCUT2D eigenvalue weighted by Crippen LogP contribution is 2.18. The molecule has 18 heavy (non-hydrogen) atoms. The third-order valence-electron chi connectivity index (χ3n) is 2.37. The van der Waals surface area contributed by atoms with Crippen molar-refractivity contribution >= 4 is 11.6 Å². The third kappa shape index (κ3) is 3.35. The zero-order valence-electron chi connectivity index (χ0n) is 10.5. The van der Waals surface area contributed by atoms with Gasteiger partial charge in [-0.1, -0.05) is 18.2 Å². The Hall–Kier alpha value is -2.29. The van der Waals surface area contributed by atoms with Crippen molar-refractivity contribution in [2.24, 2.45) is 4.99 Å². The first-order chi connectivity index (χ1) is 8.78. The van der Waals surface area contributed by atoms with E-state index in [2.05, 4.69) is 4.99 Å². The van der Waals surface area contributed by atoms with Crippen LogP contribution in [0.5, 0.6) is 11.5 Å². The molecule has 0 aliphatic heterocycles. The first-order valence-corrected chi connectivity index (χ1v) is 5.70. The lowest BCUT2D eigenvalue weighted by Crippen LogP contribution is -2.01. The minimum Gasteiger partial charge on any atom is -0.497 e. The summed E-state index contributed by atoms with van der Waals surface area (Å²) in [4.78, 5) is 4.37. The van der Waals surface area contributed by atoms with Gasteiger partial charge >= 0.3 is 0 Å². The second kappa shape index (κ2) is 5.87. The summed E-state index contributed by atoms with van der Waals surface area (Å²) in [5.74, 6) is 2.20. The minimum atomic E-state index is 0.603. The van der Waals surface area contributed by atoms with Gasteiger partial charge < -0.3 is 9.47 Å². The van der Waals surface area contributed by atoms with E-state index in [1.54, 1.807) is 7.11 Å². The molecule has 0 saturated carbocycles. The number of hydrogen-bond donors (Lipinski definition) is 0. The quantitative estimate of drug-likeness (QED) is 0.604. The molecule has 0 bridgehead atoms. The second-order valence-electron chi connectivity index (χ2n) is 3.74. The molecular formula is C15H15NO2. The highest BCUT2D eigenvalue weighted by Gasteiger charge is 1.97. The van der Waals surface area contributed by atoms with Crippen molar-refractivity contribution in [3.63, 3.8) is 0 Å². The van der Waals surface area contributed by atoms with Gasteiger partial charge in [0.15, 0.2) is 5.90 Å². The largest absolute Gasteiger partial charge is 0.497 e. The number of rotatable bonds is 3. The molecule has 0 fully saturated rings. The summed E-state index contributed by atoms with van der Waals surface area (Å²) in [6.45, 7) is 1.83. The predicted molar refractivity (Wildman–Crippen MR) is 72.8 cm³/mol. The maximum atomic E-state index is 5.59. The standard InChI is InChI=1S/C15H15NO2/c1-12(18-15-6-4-3-5-7-15)16-13-8-10-14(17-2)11-9-13/h3-11H,1-2H3. The van der Waals surface area contributed by atoms with Gasteiger partial charge in [0, 0.05) is 6.92 Å². The molecule has 2 aromatic carbocycles. The van der Waals surface area contributed by atoms with Crippen molar-refractivity contribution in [3.05, 3.63) is 54.6 Å². The van der Waals surface area contributed by atoms with Gasteiger partial charge in [0.2, 0.25) is 0 Å². The molecular weight excluding hydrogens is 226 g/mol. The summed E-state index contributed by atoms with van der Waals surface area (Å²) >= 11 is 0. The Bertz CT molecular complexity index is 518. The maximum Gasteiger partial charge on any atom is 0.192 e. The van der Waals surface area contributed by atoms with Crippen LogP contribution in [0, 0.1) is 0 Å². The number of aliphatic imine (C=N–C) groups is 1. The highest BCUT2D eigenvalue weighted by molar-refractivity contribution is 5.79. The fourth-order valence-electron chi connectivity index (χ4n) is 1.52. The molecule has 0 aliphatic carbocycles. The van der Waals surface area contributed by atoms with E-state index in [9.17, 15) is 0 Å². The van der Waals surface area contributed by atoms with E-state index in [1.807, 2.05) is 61.5 Å². The lowest BCUT2D eigenvalue weighted by molar-refractivity contribution is 0.415. The van der Waals surface area contributed by atoms with Crippen LogP contribution in [0.1, 0.15) is 6.92 Å². The van der Waals surface area contributed by atoms with Crippen molar-refractivity contribution in [3.8, 4) is 11.5 Å². The summed E-state index contributed by atoms with van der Waals surface area (Å²) < 4.78 is 10.7. The van der Waals surface area contributed by atoms with Crippen LogP contribution in [-0.4, -0.2) is 13.0 Å². The molecule has 2 rings (SSSR count). The Kier molecular flexibility index (Phi) is 3.97. The normalized spacial score (nSPS) is 11.1. The Morgan fingerprint density at radius 2 is 1.56 bits per heavy atom. The lowest BCUT2D eigenvalue weighted by Gasteiger charge is -2.04. The molecule has 2 aromatic rings. The van der Waals surface area contributed by atoms with Gasteiger partial charge in [-0.2, -0.15) is 0 Å². The van der Waals surface area contributed by atoms with Gasteiger partial charge in [-0.3, -0.25) is 0 Å². The van der Waals surface area contributed by atoms with Crippen LogP contribution >= 0.6 is 0 Å². The van der Waals surface area contributed by atoms with E-state index in [1.165, 1.54) is 0 Å². The van der Waals surface area contributed by atoms with Crippen LogP contribution in [0.25, 0.3) is 0 Å². The zero-order chi connectivity index (χ0) is 12.8. The van der Waals surface area contributed by atoms with E-state index in [0.29, 0.717) is 5.90 Å². The minimum absolute atomic E-state index is 0.603. The van der Waals surface area contributed by atoms with Gasteiger partial charge in [-0.15, -0.1) is 0 Å². The number of methoxy groups -OCH3 is 1. The Labute approximate surface area is 107 Å². The lowest BCUT2D eigenvalue weighted by atomic mass is 10.3. The summed E-state index contributed by atoms with van der Waals surface area (Å²) in [5.41, 5.74) is 0.837. The van der Waals surface area contributed by atoms with Crippen LogP contribution in [0.3, 0.4) is 0 Å². The molecule has 3 heteroatoms. The van der Waals surface area contributed by atoms with Crippen molar-refractivity contribution < 1.29 is 9.47 Å². The fraction of sp³-hybridized carbons (Fsp3) is 0.133. The van der Waals surface area contributed by atoms with Crippen LogP contribution in [0.4, 0.5) is 5.69 Å². The van der Waals surface area contributed by atoms with Crippen molar-refractivity contribution in [1.82, 2.24) is 0 Å². The van der Waals surface area contributed by atoms with Gasteiger partial charge in [0.05, 0.1) is 12.8 Å². The fourth-order valence-corrected chi connectivity index (χ4v) is 1.52. The highest BCUT2D eigenvalue weighted by atomic mass is 16.5. The van der Waals surface area contributed by atoms with E-state index in [-0.39, 0.29) is 0 Å². The summed E-state index contributed by atoms with van der Waals surface area (Å²) in [6.07, 6.45) is 0. The molecule has 0 saturated heterocycles. The van der Waals surface area contributed by atoms with Crippen molar-refractivity contribution in [1.29, 1.82) is 0 Å². The Morgan fingerprint density at radius 1 is 0.889 bits per heavy atom. The molecule has 0 amide bonds. The number of ether oxygens (including phenoxy) is 2. The molecule has 3 nitrogen and oxygen atoms in total. The maximum absolute atomic E-state index is 5.59. The van der Waals surface area contributed by atoms with Gasteiger partial charge in [0.25, 0.3) is 0 Å². The van der Waals surface area contributed by atoms with E-state index in [0.717, 1.165) is 17.2 Å². The predicted octanol–water partition coefficient (Wildman–Crippen LogP) is 3.82. The average molecular weight is 241 g/mol. The SMILES string of the molecule is COc1ccc(N=C(C)Oc2ccccc2)cc1. The second-order valence-corrected chi connectivity index (χ2v) is 3.74. The molecule has 0 spiro atoms. The topological polar surface area (TPSA) is 30.8 Å². The van der Waals surface area contributed by atoms with Gasteiger partial charge in [0.1, 0.15) is 11.5 Å². The van der Waals surface area contributed by atoms with Gasteiger partial charge in [-0.05, 0) is 36.4 Å². The monoisotopic (exact) mass is 241 g/mol. The molecule has 0 N–H and O–H groups in total. The van der Waals surface area contributed by atoms with Crippen LogP contribution in [0.15, 0.2) is 59.6 Å². The number of hydrogen-bond acceptors (Lipinski definition) is 3. The Morgan fingerprint density at radius 3 is 2.17 bits per heavy atom. The van der Waals surface area contributed by atoms with Crippen molar-refractivity contribution in [2.75, 3.05) is 7.11 Å². The smallest absolute Gasteiger partial charge is 0.192 e. The first-order valence-electron chi connectivity index (χ1n) is 5.70. The van der Waals surface area contributed by atoms with Crippen LogP contribution in [0.2, 0.25) is 0 Å². The average Bonchev–Trinajstić information content (AvgIpc) is 2.40. The van der Waals surface area contributed by atoms with E-state index >= 15 is 0 Å². The zero-order valence-corrected chi connectivity index (χ0v) is 10.5. The number of para-hydroxylation sites is 1. The summed E-state index contributed by atoms with van der Waals surface area (Å²) in [7, 11) is 1.64. The van der Waals surface area contributed by atoms with Crippen LogP contribution < -0.4 is 9.47 Å².